The van der Waals surface area contributed by atoms with Crippen LogP contribution in [0.4, 0.5) is 13.2 Å². The Bertz CT molecular complexity index is 726. The van der Waals surface area contributed by atoms with Crippen LogP contribution in [0.1, 0.15) is 17.1 Å². The lowest BCUT2D eigenvalue weighted by Crippen LogP contribution is -2.50. The summed E-state index contributed by atoms with van der Waals surface area (Å²) in [5.41, 5.74) is -0.0637. The Kier molecular flexibility index (Phi) is 4.64. The highest BCUT2D eigenvalue weighted by atomic mass is 35.5. The van der Waals surface area contributed by atoms with Crippen LogP contribution in [0, 0.1) is 6.92 Å². The van der Waals surface area contributed by atoms with E-state index in [2.05, 4.69) is 5.32 Å². The average Bonchev–Trinajstić information content (AvgIpc) is 2.83. The predicted octanol–water partition coefficient (Wildman–Crippen LogP) is 4.19. The van der Waals surface area contributed by atoms with E-state index in [1.165, 1.54) is 13.0 Å². The Morgan fingerprint density at radius 1 is 1.25 bits per heavy atom. The summed E-state index contributed by atoms with van der Waals surface area (Å²) in [5, 5.41) is 3.52. The third-order valence-corrected chi connectivity index (χ3v) is 3.75. The van der Waals surface area contributed by atoms with Crippen LogP contribution in [0.3, 0.4) is 0 Å². The van der Waals surface area contributed by atoms with Crippen molar-refractivity contribution in [2.45, 2.75) is 25.8 Å². The van der Waals surface area contributed by atoms with Crippen molar-refractivity contribution in [1.29, 1.82) is 0 Å². The third-order valence-electron chi connectivity index (χ3n) is 3.52. The Morgan fingerprint density at radius 2 is 2.00 bits per heavy atom. The average molecular weight is 362 g/mol. The lowest BCUT2D eigenvalue weighted by Gasteiger charge is -2.28. The van der Waals surface area contributed by atoms with Crippen molar-refractivity contribution in [3.8, 4) is 11.5 Å². The molecule has 1 aromatic heterocycles. The zero-order chi connectivity index (χ0) is 17.3. The summed E-state index contributed by atoms with van der Waals surface area (Å²) in [4.78, 5) is 0. The molecule has 1 fully saturated rings. The topological polar surface area (TPSA) is 43.6 Å². The maximum Gasteiger partial charge on any atom is 0.449 e. The molecule has 0 aliphatic carbocycles. The molecular weight excluding hydrogens is 347 g/mol. The van der Waals surface area contributed by atoms with Gasteiger partial charge in [-0.1, -0.05) is 11.6 Å². The number of hydrogen-bond donors (Lipinski definition) is 1. The van der Waals surface area contributed by atoms with E-state index in [4.69, 9.17) is 25.5 Å². The van der Waals surface area contributed by atoms with Gasteiger partial charge in [-0.3, -0.25) is 0 Å². The molecule has 8 heteroatoms. The van der Waals surface area contributed by atoms with Gasteiger partial charge in [0.1, 0.15) is 18.5 Å². The van der Waals surface area contributed by atoms with E-state index < -0.39 is 11.9 Å². The van der Waals surface area contributed by atoms with Gasteiger partial charge in [0.05, 0.1) is 0 Å². The van der Waals surface area contributed by atoms with Crippen LogP contribution in [-0.4, -0.2) is 19.2 Å². The minimum atomic E-state index is -4.57. The second-order valence-corrected chi connectivity index (χ2v) is 5.92. The molecular formula is C16H15ClF3NO3. The fraction of sp³-hybridized carbons (Fsp3) is 0.375. The summed E-state index contributed by atoms with van der Waals surface area (Å²) in [6.45, 7) is 2.57. The molecule has 1 aromatic carbocycles. The van der Waals surface area contributed by atoms with Crippen molar-refractivity contribution < 1.29 is 27.1 Å². The number of alkyl halides is 3. The zero-order valence-electron chi connectivity index (χ0n) is 12.7. The van der Waals surface area contributed by atoms with Gasteiger partial charge in [-0.15, -0.1) is 0 Å². The summed E-state index contributed by atoms with van der Waals surface area (Å²) >= 11 is 5.95. The van der Waals surface area contributed by atoms with Gasteiger partial charge in [0, 0.05) is 29.7 Å². The molecule has 0 radical (unpaired) electrons. The number of furan rings is 1. The Balaban J connectivity index is 1.77. The van der Waals surface area contributed by atoms with Gasteiger partial charge in [-0.05, 0) is 25.1 Å². The summed E-state index contributed by atoms with van der Waals surface area (Å²) in [6, 6.07) is 6.06. The van der Waals surface area contributed by atoms with Crippen LogP contribution in [0.5, 0.6) is 11.5 Å². The van der Waals surface area contributed by atoms with Crippen molar-refractivity contribution in [2.24, 2.45) is 0 Å². The van der Waals surface area contributed by atoms with Crippen LogP contribution in [0.2, 0.25) is 5.02 Å². The lowest BCUT2D eigenvalue weighted by atomic mass is 10.2. The SMILES string of the molecule is Cc1cc(COc2ccc(Cl)cc2OC2CNC2)c(C(F)(F)F)o1. The van der Waals surface area contributed by atoms with Crippen LogP contribution < -0.4 is 14.8 Å². The van der Waals surface area contributed by atoms with Crippen molar-refractivity contribution in [3.05, 3.63) is 46.4 Å². The fourth-order valence-corrected chi connectivity index (χ4v) is 2.45. The molecule has 1 aliphatic rings. The molecule has 2 aromatic rings. The van der Waals surface area contributed by atoms with Crippen LogP contribution >= 0.6 is 11.6 Å². The first-order valence-electron chi connectivity index (χ1n) is 7.29. The molecule has 0 unspecified atom stereocenters. The first-order valence-corrected chi connectivity index (χ1v) is 7.67. The van der Waals surface area contributed by atoms with E-state index in [1.807, 2.05) is 0 Å². The molecule has 0 spiro atoms. The predicted molar refractivity (Wildman–Crippen MR) is 81.5 cm³/mol. The number of rotatable bonds is 5. The molecule has 2 heterocycles. The van der Waals surface area contributed by atoms with Gasteiger partial charge < -0.3 is 19.2 Å². The van der Waals surface area contributed by atoms with Gasteiger partial charge in [0.2, 0.25) is 5.76 Å². The normalized spacial score (nSPS) is 15.2. The van der Waals surface area contributed by atoms with Crippen LogP contribution in [0.25, 0.3) is 0 Å². The van der Waals surface area contributed by atoms with Gasteiger partial charge >= 0.3 is 6.18 Å². The maximum atomic E-state index is 12.9. The third kappa shape index (κ3) is 3.79. The summed E-state index contributed by atoms with van der Waals surface area (Å²) in [7, 11) is 0. The number of hydrogen-bond acceptors (Lipinski definition) is 4. The monoisotopic (exact) mass is 361 g/mol. The fourth-order valence-electron chi connectivity index (χ4n) is 2.29. The zero-order valence-corrected chi connectivity index (χ0v) is 13.5. The minimum Gasteiger partial charge on any atom is -0.485 e. The van der Waals surface area contributed by atoms with E-state index in [0.717, 1.165) is 0 Å². The molecule has 0 amide bonds. The van der Waals surface area contributed by atoms with E-state index in [9.17, 15) is 13.2 Å². The molecule has 0 saturated carbocycles. The first-order chi connectivity index (χ1) is 11.3. The maximum absolute atomic E-state index is 12.9. The van der Waals surface area contributed by atoms with Gasteiger partial charge in [0.15, 0.2) is 11.5 Å². The van der Waals surface area contributed by atoms with E-state index >= 15 is 0 Å². The van der Waals surface area contributed by atoms with Crippen molar-refractivity contribution in [1.82, 2.24) is 5.32 Å². The van der Waals surface area contributed by atoms with Gasteiger partial charge in [-0.2, -0.15) is 13.2 Å². The molecule has 0 atom stereocenters. The number of benzene rings is 1. The largest absolute Gasteiger partial charge is 0.485 e. The smallest absolute Gasteiger partial charge is 0.449 e. The number of nitrogens with one attached hydrogen (secondary N) is 1. The number of aryl methyl sites for hydroxylation is 1. The molecule has 1 aliphatic heterocycles. The number of ether oxygens (including phenoxy) is 2. The highest BCUT2D eigenvalue weighted by molar-refractivity contribution is 6.30. The summed E-state index contributed by atoms with van der Waals surface area (Å²) < 4.78 is 54.9. The Morgan fingerprint density at radius 3 is 2.62 bits per heavy atom. The van der Waals surface area contributed by atoms with E-state index in [-0.39, 0.29) is 24.0 Å². The quantitative estimate of drug-likeness (QED) is 0.867. The highest BCUT2D eigenvalue weighted by Crippen LogP contribution is 2.36. The van der Waals surface area contributed by atoms with Crippen molar-refractivity contribution in [3.63, 3.8) is 0 Å². The summed E-state index contributed by atoms with van der Waals surface area (Å²) in [5.74, 6) is -0.130. The standard InChI is InChI=1S/C16H15ClF3NO3/c1-9-4-10(15(23-9)16(18,19)20)8-22-13-3-2-11(17)5-14(13)24-12-6-21-7-12/h2-5,12,21H,6-8H2,1H3. The van der Waals surface area contributed by atoms with E-state index in [0.29, 0.717) is 29.6 Å². The molecule has 0 bridgehead atoms. The van der Waals surface area contributed by atoms with Crippen LogP contribution in [0.15, 0.2) is 28.7 Å². The van der Waals surface area contributed by atoms with Gasteiger partial charge in [-0.25, -0.2) is 0 Å². The molecule has 130 valence electrons. The minimum absolute atomic E-state index is 0.00674. The van der Waals surface area contributed by atoms with Crippen molar-refractivity contribution in [2.75, 3.05) is 13.1 Å². The molecule has 1 N–H and O–H groups in total. The Labute approximate surface area is 141 Å². The van der Waals surface area contributed by atoms with E-state index in [1.54, 1.807) is 18.2 Å². The molecule has 4 nitrogen and oxygen atoms in total. The summed E-state index contributed by atoms with van der Waals surface area (Å²) in [6.07, 6.45) is -4.57. The molecule has 24 heavy (non-hydrogen) atoms. The first kappa shape index (κ1) is 17.0. The number of halogens is 4. The second kappa shape index (κ2) is 6.57. The highest BCUT2D eigenvalue weighted by Gasteiger charge is 2.38. The lowest BCUT2D eigenvalue weighted by molar-refractivity contribution is -0.154. The second-order valence-electron chi connectivity index (χ2n) is 5.49. The van der Waals surface area contributed by atoms with Gasteiger partial charge in [0.25, 0.3) is 0 Å². The Hall–Kier alpha value is -1.86. The van der Waals surface area contributed by atoms with Crippen molar-refractivity contribution >= 4 is 11.6 Å². The molecule has 3 rings (SSSR count). The van der Waals surface area contributed by atoms with Crippen LogP contribution in [-0.2, 0) is 12.8 Å². The molecule has 1 saturated heterocycles.